The molecule has 0 saturated heterocycles. The molecule has 0 aliphatic heterocycles. The Morgan fingerprint density at radius 2 is 2.12 bits per heavy atom. The summed E-state index contributed by atoms with van der Waals surface area (Å²) in [6, 6.07) is 9.35. The Morgan fingerprint density at radius 1 is 1.33 bits per heavy atom. The minimum atomic E-state index is -0.234. The predicted molar refractivity (Wildman–Crippen MR) is 94.4 cm³/mol. The van der Waals surface area contributed by atoms with Gasteiger partial charge in [-0.25, -0.2) is 9.97 Å². The van der Waals surface area contributed by atoms with Gasteiger partial charge in [-0.05, 0) is 44.0 Å². The molecule has 1 atom stereocenters. The third-order valence-electron chi connectivity index (χ3n) is 4.00. The van der Waals surface area contributed by atoms with E-state index in [0.29, 0.717) is 16.4 Å². The van der Waals surface area contributed by atoms with Gasteiger partial charge in [-0.3, -0.25) is 9.20 Å². The lowest BCUT2D eigenvalue weighted by Gasteiger charge is -2.17. The molecule has 0 aliphatic rings. The molecule has 3 aromatic rings. The van der Waals surface area contributed by atoms with Crippen LogP contribution in [0.1, 0.15) is 46.8 Å². The van der Waals surface area contributed by atoms with Crippen molar-refractivity contribution in [1.82, 2.24) is 19.7 Å². The summed E-state index contributed by atoms with van der Waals surface area (Å²) in [4.78, 5) is 21.4. The van der Waals surface area contributed by atoms with Gasteiger partial charge in [0.15, 0.2) is 11.3 Å². The molecule has 3 rings (SSSR count). The summed E-state index contributed by atoms with van der Waals surface area (Å²) in [5, 5.41) is 3.68. The van der Waals surface area contributed by atoms with Crippen molar-refractivity contribution in [2.45, 2.75) is 33.2 Å². The SMILES string of the molecule is CCC(NC(=O)c1ncn2c(C)cc(C)nc12)c1cccc(Cl)c1. The van der Waals surface area contributed by atoms with Crippen molar-refractivity contribution in [2.24, 2.45) is 0 Å². The third-order valence-corrected chi connectivity index (χ3v) is 4.24. The van der Waals surface area contributed by atoms with Crippen LogP contribution >= 0.6 is 11.6 Å². The first-order valence-electron chi connectivity index (χ1n) is 7.87. The lowest BCUT2D eigenvalue weighted by Crippen LogP contribution is -2.28. The highest BCUT2D eigenvalue weighted by atomic mass is 35.5. The van der Waals surface area contributed by atoms with Crippen molar-refractivity contribution in [3.63, 3.8) is 0 Å². The van der Waals surface area contributed by atoms with Crippen LogP contribution in [0, 0.1) is 13.8 Å². The summed E-state index contributed by atoms with van der Waals surface area (Å²) in [7, 11) is 0. The van der Waals surface area contributed by atoms with Gasteiger partial charge in [0.1, 0.15) is 6.33 Å². The zero-order valence-electron chi connectivity index (χ0n) is 13.9. The van der Waals surface area contributed by atoms with Crippen molar-refractivity contribution in [1.29, 1.82) is 0 Å². The monoisotopic (exact) mass is 342 g/mol. The van der Waals surface area contributed by atoms with E-state index in [9.17, 15) is 4.79 Å². The molecule has 0 radical (unpaired) electrons. The molecule has 2 heterocycles. The summed E-state index contributed by atoms with van der Waals surface area (Å²) < 4.78 is 1.82. The molecule has 1 amide bonds. The minimum Gasteiger partial charge on any atom is -0.344 e. The van der Waals surface area contributed by atoms with E-state index in [2.05, 4.69) is 15.3 Å². The number of hydrogen-bond donors (Lipinski definition) is 1. The number of nitrogens with zero attached hydrogens (tertiary/aromatic N) is 3. The lowest BCUT2D eigenvalue weighted by molar-refractivity contribution is 0.0932. The number of rotatable bonds is 4. The van der Waals surface area contributed by atoms with Crippen LogP contribution in [0.25, 0.3) is 5.65 Å². The van der Waals surface area contributed by atoms with Crippen LogP contribution in [0.15, 0.2) is 36.7 Å². The van der Waals surface area contributed by atoms with Gasteiger partial charge in [0, 0.05) is 16.4 Å². The van der Waals surface area contributed by atoms with Crippen LogP contribution in [0.4, 0.5) is 0 Å². The summed E-state index contributed by atoms with van der Waals surface area (Å²) in [5.74, 6) is -0.234. The van der Waals surface area contributed by atoms with Crippen molar-refractivity contribution < 1.29 is 4.79 Å². The van der Waals surface area contributed by atoms with Crippen LogP contribution in [-0.4, -0.2) is 20.3 Å². The topological polar surface area (TPSA) is 59.3 Å². The standard InChI is InChI=1S/C18H19ClN4O/c1-4-15(13-6-5-7-14(19)9-13)22-18(24)16-17-21-11(2)8-12(3)23(17)10-20-16/h5-10,15H,4H2,1-3H3,(H,22,24). The van der Waals surface area contributed by atoms with Crippen LogP contribution in [-0.2, 0) is 0 Å². The fourth-order valence-electron chi connectivity index (χ4n) is 2.81. The first-order chi connectivity index (χ1) is 11.5. The van der Waals surface area contributed by atoms with E-state index in [0.717, 1.165) is 23.4 Å². The molecule has 0 fully saturated rings. The maximum Gasteiger partial charge on any atom is 0.274 e. The van der Waals surface area contributed by atoms with Crippen LogP contribution < -0.4 is 5.32 Å². The van der Waals surface area contributed by atoms with Crippen molar-refractivity contribution >= 4 is 23.2 Å². The van der Waals surface area contributed by atoms with E-state index in [1.165, 1.54) is 0 Å². The summed E-state index contributed by atoms with van der Waals surface area (Å²) >= 11 is 6.06. The van der Waals surface area contributed by atoms with Gasteiger partial charge in [0.25, 0.3) is 5.91 Å². The van der Waals surface area contributed by atoms with Gasteiger partial charge < -0.3 is 5.32 Å². The van der Waals surface area contributed by atoms with Gasteiger partial charge in [0.05, 0.1) is 6.04 Å². The molecular formula is C18H19ClN4O. The fraction of sp³-hybridized carbons (Fsp3) is 0.278. The Balaban J connectivity index is 1.92. The number of hydrogen-bond acceptors (Lipinski definition) is 3. The maximum absolute atomic E-state index is 12.7. The average molecular weight is 343 g/mol. The highest BCUT2D eigenvalue weighted by molar-refractivity contribution is 6.30. The Hall–Kier alpha value is -2.40. The number of halogens is 1. The van der Waals surface area contributed by atoms with Gasteiger partial charge >= 0.3 is 0 Å². The fourth-order valence-corrected chi connectivity index (χ4v) is 3.01. The molecule has 0 saturated carbocycles. The van der Waals surface area contributed by atoms with Crippen LogP contribution in [0.5, 0.6) is 0 Å². The Kier molecular flexibility index (Phi) is 4.53. The molecule has 0 bridgehead atoms. The van der Waals surface area contributed by atoms with E-state index in [1.807, 2.05) is 55.5 Å². The first-order valence-corrected chi connectivity index (χ1v) is 8.25. The Bertz CT molecular complexity index is 903. The zero-order valence-corrected chi connectivity index (χ0v) is 14.6. The van der Waals surface area contributed by atoms with Crippen molar-refractivity contribution in [2.75, 3.05) is 0 Å². The van der Waals surface area contributed by atoms with Crippen LogP contribution in [0.3, 0.4) is 0 Å². The quantitative estimate of drug-likeness (QED) is 0.782. The molecule has 1 N–H and O–H groups in total. The number of carbonyl (C=O) groups is 1. The molecule has 24 heavy (non-hydrogen) atoms. The summed E-state index contributed by atoms with van der Waals surface area (Å²) in [5.41, 5.74) is 3.73. The molecule has 2 aromatic heterocycles. The summed E-state index contributed by atoms with van der Waals surface area (Å²) in [6.07, 6.45) is 2.38. The summed E-state index contributed by atoms with van der Waals surface area (Å²) in [6.45, 7) is 5.89. The van der Waals surface area contributed by atoms with Gasteiger partial charge in [-0.2, -0.15) is 0 Å². The van der Waals surface area contributed by atoms with Crippen LogP contribution in [0.2, 0.25) is 5.02 Å². The Morgan fingerprint density at radius 3 is 2.83 bits per heavy atom. The minimum absolute atomic E-state index is 0.126. The number of amides is 1. The molecular weight excluding hydrogens is 324 g/mol. The third kappa shape index (κ3) is 3.12. The largest absolute Gasteiger partial charge is 0.344 e. The number of nitrogens with one attached hydrogen (secondary N) is 1. The van der Waals surface area contributed by atoms with E-state index >= 15 is 0 Å². The van der Waals surface area contributed by atoms with E-state index in [-0.39, 0.29) is 11.9 Å². The second-order valence-corrected chi connectivity index (χ2v) is 6.25. The van der Waals surface area contributed by atoms with Crippen molar-refractivity contribution in [3.05, 3.63) is 64.3 Å². The van der Waals surface area contributed by atoms with Gasteiger partial charge in [-0.15, -0.1) is 0 Å². The second-order valence-electron chi connectivity index (χ2n) is 5.81. The molecule has 1 aromatic carbocycles. The molecule has 0 spiro atoms. The number of benzene rings is 1. The zero-order chi connectivity index (χ0) is 17.3. The number of imidazole rings is 1. The number of aromatic nitrogens is 3. The highest BCUT2D eigenvalue weighted by Gasteiger charge is 2.20. The van der Waals surface area contributed by atoms with E-state index in [4.69, 9.17) is 11.6 Å². The average Bonchev–Trinajstić information content (AvgIpc) is 2.96. The predicted octanol–water partition coefficient (Wildman–Crippen LogP) is 3.88. The maximum atomic E-state index is 12.7. The molecule has 124 valence electrons. The van der Waals surface area contributed by atoms with Crippen molar-refractivity contribution in [3.8, 4) is 0 Å². The van der Waals surface area contributed by atoms with E-state index < -0.39 is 0 Å². The van der Waals surface area contributed by atoms with E-state index in [1.54, 1.807) is 6.33 Å². The molecule has 5 nitrogen and oxygen atoms in total. The number of fused-ring (bicyclic) bond motifs is 1. The lowest BCUT2D eigenvalue weighted by atomic mass is 10.0. The first kappa shape index (κ1) is 16.5. The smallest absolute Gasteiger partial charge is 0.274 e. The van der Waals surface area contributed by atoms with Gasteiger partial charge in [-0.1, -0.05) is 30.7 Å². The number of carbonyl (C=O) groups excluding carboxylic acids is 1. The number of aryl methyl sites for hydroxylation is 2. The van der Waals surface area contributed by atoms with Gasteiger partial charge in [0.2, 0.25) is 0 Å². The molecule has 6 heteroatoms. The second kappa shape index (κ2) is 6.61. The molecule has 1 unspecified atom stereocenters. The molecule has 0 aliphatic carbocycles. The highest BCUT2D eigenvalue weighted by Crippen LogP contribution is 2.21. The Labute approximate surface area is 145 Å². The normalized spacial score (nSPS) is 12.3.